The highest BCUT2D eigenvalue weighted by molar-refractivity contribution is 5.40. The number of hydrogen-bond donors (Lipinski definition) is 1. The summed E-state index contributed by atoms with van der Waals surface area (Å²) in [4.78, 5) is 0. The minimum atomic E-state index is -0.215. The maximum Gasteiger partial charge on any atom is 0.132 e. The van der Waals surface area contributed by atoms with E-state index in [1.807, 2.05) is 25.2 Å². The zero-order chi connectivity index (χ0) is 14.5. The zero-order valence-electron chi connectivity index (χ0n) is 12.1. The molecule has 1 unspecified atom stereocenters. The first-order valence-electron chi connectivity index (χ1n) is 6.86. The Hall–Kier alpha value is -1.87. The van der Waals surface area contributed by atoms with Crippen LogP contribution in [0, 0.1) is 12.7 Å². The summed E-state index contributed by atoms with van der Waals surface area (Å²) in [6, 6.07) is 13.0. The second-order valence-electron chi connectivity index (χ2n) is 4.80. The molecule has 0 amide bonds. The molecule has 1 atom stereocenters. The average Bonchev–Trinajstić information content (AvgIpc) is 2.46. The Balaban J connectivity index is 2.31. The van der Waals surface area contributed by atoms with Gasteiger partial charge in [0.1, 0.15) is 17.3 Å². The fourth-order valence-corrected chi connectivity index (χ4v) is 2.25. The van der Waals surface area contributed by atoms with E-state index < -0.39 is 0 Å². The number of halogens is 1. The molecule has 3 heteroatoms. The van der Waals surface area contributed by atoms with E-state index in [2.05, 4.69) is 18.3 Å². The molecule has 0 radical (unpaired) electrons. The van der Waals surface area contributed by atoms with Crippen LogP contribution in [0.3, 0.4) is 0 Å². The van der Waals surface area contributed by atoms with Crippen LogP contribution in [0.5, 0.6) is 11.5 Å². The van der Waals surface area contributed by atoms with Crippen molar-refractivity contribution >= 4 is 0 Å². The Morgan fingerprint density at radius 1 is 1.20 bits per heavy atom. The van der Waals surface area contributed by atoms with Crippen LogP contribution in [0.15, 0.2) is 42.5 Å². The molecular weight excluding hydrogens is 253 g/mol. The SMILES string of the molecule is CCC(NC)c1ccccc1Oc1ccc(F)c(C)c1. The molecule has 2 rings (SSSR count). The van der Waals surface area contributed by atoms with Gasteiger partial charge < -0.3 is 10.1 Å². The van der Waals surface area contributed by atoms with Crippen LogP contribution < -0.4 is 10.1 Å². The second kappa shape index (κ2) is 6.53. The van der Waals surface area contributed by atoms with Gasteiger partial charge in [0.15, 0.2) is 0 Å². The number of para-hydroxylation sites is 1. The molecule has 0 aliphatic heterocycles. The third-order valence-electron chi connectivity index (χ3n) is 3.41. The Morgan fingerprint density at radius 2 is 1.95 bits per heavy atom. The van der Waals surface area contributed by atoms with Gasteiger partial charge in [-0.1, -0.05) is 25.1 Å². The smallest absolute Gasteiger partial charge is 0.132 e. The molecule has 106 valence electrons. The van der Waals surface area contributed by atoms with Crippen molar-refractivity contribution in [3.05, 3.63) is 59.4 Å². The number of rotatable bonds is 5. The maximum absolute atomic E-state index is 13.3. The average molecular weight is 273 g/mol. The van der Waals surface area contributed by atoms with Crippen molar-refractivity contribution in [1.82, 2.24) is 5.32 Å². The molecule has 2 aromatic rings. The van der Waals surface area contributed by atoms with Gasteiger partial charge in [-0.2, -0.15) is 0 Å². The van der Waals surface area contributed by atoms with Crippen LogP contribution >= 0.6 is 0 Å². The molecule has 0 aromatic heterocycles. The van der Waals surface area contributed by atoms with Crippen LogP contribution in [0.25, 0.3) is 0 Å². The van der Waals surface area contributed by atoms with Crippen LogP contribution in [0.1, 0.15) is 30.5 Å². The minimum absolute atomic E-state index is 0.215. The lowest BCUT2D eigenvalue weighted by Crippen LogP contribution is -2.15. The summed E-state index contributed by atoms with van der Waals surface area (Å²) in [6.07, 6.45) is 0.972. The van der Waals surface area contributed by atoms with E-state index in [-0.39, 0.29) is 11.9 Å². The van der Waals surface area contributed by atoms with Gasteiger partial charge in [-0.05, 0) is 50.2 Å². The number of nitrogens with one attached hydrogen (secondary N) is 1. The molecule has 0 spiro atoms. The molecular formula is C17H20FNO. The van der Waals surface area contributed by atoms with Gasteiger partial charge in [0, 0.05) is 11.6 Å². The third kappa shape index (κ3) is 3.17. The summed E-state index contributed by atoms with van der Waals surface area (Å²) < 4.78 is 19.2. The molecule has 0 fully saturated rings. The monoisotopic (exact) mass is 273 g/mol. The highest BCUT2D eigenvalue weighted by Crippen LogP contribution is 2.31. The molecule has 0 bridgehead atoms. The topological polar surface area (TPSA) is 21.3 Å². The van der Waals surface area contributed by atoms with E-state index in [4.69, 9.17) is 4.74 Å². The number of hydrogen-bond acceptors (Lipinski definition) is 2. The molecule has 0 saturated carbocycles. The van der Waals surface area contributed by atoms with Crippen molar-refractivity contribution in [2.75, 3.05) is 7.05 Å². The molecule has 0 aliphatic rings. The fraction of sp³-hybridized carbons (Fsp3) is 0.294. The lowest BCUT2D eigenvalue weighted by Gasteiger charge is -2.18. The van der Waals surface area contributed by atoms with Gasteiger partial charge in [0.05, 0.1) is 0 Å². The highest BCUT2D eigenvalue weighted by Gasteiger charge is 2.13. The fourth-order valence-electron chi connectivity index (χ4n) is 2.25. The molecule has 0 saturated heterocycles. The first-order valence-corrected chi connectivity index (χ1v) is 6.86. The summed E-state index contributed by atoms with van der Waals surface area (Å²) in [5.41, 5.74) is 1.69. The molecule has 2 nitrogen and oxygen atoms in total. The Bertz CT molecular complexity index is 579. The van der Waals surface area contributed by atoms with Crippen molar-refractivity contribution in [1.29, 1.82) is 0 Å². The molecule has 0 aliphatic carbocycles. The van der Waals surface area contributed by atoms with Crippen LogP contribution in [0.4, 0.5) is 4.39 Å². The van der Waals surface area contributed by atoms with Gasteiger partial charge in [0.2, 0.25) is 0 Å². The molecule has 1 N–H and O–H groups in total. The van der Waals surface area contributed by atoms with Crippen molar-refractivity contribution < 1.29 is 9.13 Å². The standard InChI is InChI=1S/C17H20FNO/c1-4-16(19-3)14-7-5-6-8-17(14)20-13-9-10-15(18)12(2)11-13/h5-11,16,19H,4H2,1-3H3. The van der Waals surface area contributed by atoms with Crippen molar-refractivity contribution in [2.24, 2.45) is 0 Å². The highest BCUT2D eigenvalue weighted by atomic mass is 19.1. The van der Waals surface area contributed by atoms with Crippen LogP contribution in [-0.2, 0) is 0 Å². The molecule has 2 aromatic carbocycles. The summed E-state index contributed by atoms with van der Waals surface area (Å²) in [6.45, 7) is 3.86. The lowest BCUT2D eigenvalue weighted by molar-refractivity contribution is 0.457. The second-order valence-corrected chi connectivity index (χ2v) is 4.80. The van der Waals surface area contributed by atoms with Crippen LogP contribution in [0.2, 0.25) is 0 Å². The lowest BCUT2D eigenvalue weighted by atomic mass is 10.0. The maximum atomic E-state index is 13.3. The quantitative estimate of drug-likeness (QED) is 0.859. The van der Waals surface area contributed by atoms with Crippen molar-refractivity contribution in [2.45, 2.75) is 26.3 Å². The summed E-state index contributed by atoms with van der Waals surface area (Å²) in [5.74, 6) is 1.24. The molecule has 0 heterocycles. The summed E-state index contributed by atoms with van der Waals surface area (Å²) >= 11 is 0. The summed E-state index contributed by atoms with van der Waals surface area (Å²) in [7, 11) is 1.94. The van der Waals surface area contributed by atoms with Gasteiger partial charge in [0.25, 0.3) is 0 Å². The van der Waals surface area contributed by atoms with E-state index in [0.717, 1.165) is 17.7 Å². The number of ether oxygens (including phenoxy) is 1. The predicted octanol–water partition coefficient (Wildman–Crippen LogP) is 4.60. The van der Waals surface area contributed by atoms with Gasteiger partial charge in [-0.25, -0.2) is 4.39 Å². The first kappa shape index (κ1) is 14.5. The Kier molecular flexibility index (Phi) is 4.74. The minimum Gasteiger partial charge on any atom is -0.457 e. The third-order valence-corrected chi connectivity index (χ3v) is 3.41. The largest absolute Gasteiger partial charge is 0.457 e. The number of aryl methyl sites for hydroxylation is 1. The van der Waals surface area contributed by atoms with E-state index in [1.165, 1.54) is 6.07 Å². The van der Waals surface area contributed by atoms with Gasteiger partial charge in [-0.15, -0.1) is 0 Å². The van der Waals surface area contributed by atoms with E-state index in [1.54, 1.807) is 19.1 Å². The predicted molar refractivity (Wildman–Crippen MR) is 79.7 cm³/mol. The van der Waals surface area contributed by atoms with E-state index in [9.17, 15) is 4.39 Å². The van der Waals surface area contributed by atoms with Crippen molar-refractivity contribution in [3.63, 3.8) is 0 Å². The molecule has 20 heavy (non-hydrogen) atoms. The Morgan fingerprint density at radius 3 is 2.60 bits per heavy atom. The summed E-state index contributed by atoms with van der Waals surface area (Å²) in [5, 5.41) is 3.27. The van der Waals surface area contributed by atoms with E-state index in [0.29, 0.717) is 11.3 Å². The number of benzene rings is 2. The van der Waals surface area contributed by atoms with Gasteiger partial charge >= 0.3 is 0 Å². The Labute approximate surface area is 119 Å². The normalized spacial score (nSPS) is 12.2. The van der Waals surface area contributed by atoms with E-state index >= 15 is 0 Å². The first-order chi connectivity index (χ1) is 9.65. The van der Waals surface area contributed by atoms with Gasteiger partial charge in [-0.3, -0.25) is 0 Å². The van der Waals surface area contributed by atoms with Crippen molar-refractivity contribution in [3.8, 4) is 11.5 Å². The van der Waals surface area contributed by atoms with Crippen LogP contribution in [-0.4, -0.2) is 7.05 Å². The zero-order valence-corrected chi connectivity index (χ0v) is 12.1.